The van der Waals surface area contributed by atoms with Gasteiger partial charge in [-0.15, -0.1) is 0 Å². The highest BCUT2D eigenvalue weighted by Gasteiger charge is 2.50. The van der Waals surface area contributed by atoms with Gasteiger partial charge in [-0.05, 0) is 56.8 Å². The first-order valence-electron chi connectivity index (χ1n) is 5.71. The molecule has 0 spiro atoms. The fourth-order valence-corrected chi connectivity index (χ4v) is 3.38. The molecule has 0 heterocycles. The van der Waals surface area contributed by atoms with Crippen LogP contribution in [0.2, 0.25) is 0 Å². The van der Waals surface area contributed by atoms with Crippen molar-refractivity contribution < 1.29 is 0 Å². The molecule has 0 saturated heterocycles. The maximum atomic E-state index is 2.41. The van der Waals surface area contributed by atoms with Gasteiger partial charge in [0.05, 0.1) is 0 Å². The Kier molecular flexibility index (Phi) is 2.05. The van der Waals surface area contributed by atoms with Crippen LogP contribution in [0.1, 0.15) is 53.4 Å². The number of hydrogen-bond acceptors (Lipinski definition) is 0. The number of hydrogen-bond donors (Lipinski definition) is 0. The molecular weight excluding hydrogens is 156 g/mol. The number of rotatable bonds is 1. The number of allylic oxidation sites excluding steroid dienone is 2. The van der Waals surface area contributed by atoms with Crippen molar-refractivity contribution in [3.8, 4) is 0 Å². The predicted molar refractivity (Wildman–Crippen MR) is 57.6 cm³/mol. The van der Waals surface area contributed by atoms with Crippen LogP contribution in [0.25, 0.3) is 0 Å². The summed E-state index contributed by atoms with van der Waals surface area (Å²) in [6.07, 6.45) is 5.84. The molecule has 0 N–H and O–H groups in total. The molecule has 0 aromatic heterocycles. The second-order valence-corrected chi connectivity index (χ2v) is 5.65. The van der Waals surface area contributed by atoms with Crippen LogP contribution in [-0.4, -0.2) is 0 Å². The molecule has 0 atom stereocenters. The second kappa shape index (κ2) is 2.87. The molecular formula is C13H22. The predicted octanol–water partition coefficient (Wildman–Crippen LogP) is 4.17. The summed E-state index contributed by atoms with van der Waals surface area (Å²) in [5, 5.41) is 0. The quantitative estimate of drug-likeness (QED) is 0.529. The van der Waals surface area contributed by atoms with Gasteiger partial charge in [0.2, 0.25) is 0 Å². The Balaban J connectivity index is 2.12. The van der Waals surface area contributed by atoms with E-state index in [0.717, 1.165) is 17.3 Å². The minimum atomic E-state index is 0.754. The summed E-state index contributed by atoms with van der Waals surface area (Å²) >= 11 is 0. The van der Waals surface area contributed by atoms with E-state index in [2.05, 4.69) is 27.7 Å². The van der Waals surface area contributed by atoms with Crippen LogP contribution in [0, 0.1) is 17.3 Å². The van der Waals surface area contributed by atoms with Crippen LogP contribution in [0.15, 0.2) is 11.1 Å². The average Bonchev–Trinajstić information content (AvgIpc) is 2.02. The van der Waals surface area contributed by atoms with Crippen LogP contribution in [-0.2, 0) is 0 Å². The third kappa shape index (κ3) is 1.26. The molecule has 0 unspecified atom stereocenters. The van der Waals surface area contributed by atoms with Crippen molar-refractivity contribution in [1.82, 2.24) is 0 Å². The molecule has 0 heteroatoms. The van der Waals surface area contributed by atoms with Gasteiger partial charge in [0.25, 0.3) is 0 Å². The molecule has 3 fully saturated rings. The van der Waals surface area contributed by atoms with Gasteiger partial charge in [-0.1, -0.05) is 25.0 Å². The Morgan fingerprint density at radius 1 is 1.31 bits per heavy atom. The zero-order valence-electron chi connectivity index (χ0n) is 9.48. The van der Waals surface area contributed by atoms with E-state index in [4.69, 9.17) is 0 Å². The van der Waals surface area contributed by atoms with Gasteiger partial charge < -0.3 is 0 Å². The summed E-state index contributed by atoms with van der Waals surface area (Å²) in [5.41, 5.74) is 4.15. The van der Waals surface area contributed by atoms with Gasteiger partial charge in [0, 0.05) is 0 Å². The lowest BCUT2D eigenvalue weighted by Gasteiger charge is -2.57. The largest absolute Gasteiger partial charge is 0.0770 e. The van der Waals surface area contributed by atoms with E-state index in [9.17, 15) is 0 Å². The molecule has 0 aromatic carbocycles. The van der Waals surface area contributed by atoms with E-state index in [0.29, 0.717) is 0 Å². The first-order chi connectivity index (χ1) is 6.05. The monoisotopic (exact) mass is 178 g/mol. The van der Waals surface area contributed by atoms with Crippen molar-refractivity contribution in [3.63, 3.8) is 0 Å². The summed E-state index contributed by atoms with van der Waals surface area (Å²) in [6, 6.07) is 0. The summed E-state index contributed by atoms with van der Waals surface area (Å²) in [6.45, 7) is 9.39. The fourth-order valence-electron chi connectivity index (χ4n) is 3.38. The Morgan fingerprint density at radius 2 is 1.92 bits per heavy atom. The van der Waals surface area contributed by atoms with Crippen LogP contribution in [0.3, 0.4) is 0 Å². The van der Waals surface area contributed by atoms with Gasteiger partial charge in [-0.2, -0.15) is 0 Å². The van der Waals surface area contributed by atoms with E-state index in [1.54, 1.807) is 11.1 Å². The smallest absolute Gasteiger partial charge is 0.0190 e. The lowest BCUT2D eigenvalue weighted by atomic mass is 9.48. The van der Waals surface area contributed by atoms with E-state index in [-0.39, 0.29) is 0 Å². The van der Waals surface area contributed by atoms with Crippen LogP contribution in [0.4, 0.5) is 0 Å². The van der Waals surface area contributed by atoms with Gasteiger partial charge in [-0.3, -0.25) is 0 Å². The summed E-state index contributed by atoms with van der Waals surface area (Å²) < 4.78 is 0. The Labute approximate surface area is 82.4 Å². The SMILES string of the molecule is CC(C)=C1CCC2(C(C)C)CC1C2. The zero-order valence-corrected chi connectivity index (χ0v) is 9.48. The summed E-state index contributed by atoms with van der Waals surface area (Å²) in [5.74, 6) is 1.88. The van der Waals surface area contributed by atoms with E-state index < -0.39 is 0 Å². The van der Waals surface area contributed by atoms with Gasteiger partial charge in [-0.25, -0.2) is 0 Å². The first-order valence-corrected chi connectivity index (χ1v) is 5.71. The second-order valence-electron chi connectivity index (χ2n) is 5.65. The molecule has 3 aliphatic rings. The molecule has 3 saturated carbocycles. The van der Waals surface area contributed by atoms with Crippen molar-refractivity contribution >= 4 is 0 Å². The molecule has 0 aliphatic heterocycles. The van der Waals surface area contributed by atoms with Crippen molar-refractivity contribution in [1.29, 1.82) is 0 Å². The first kappa shape index (κ1) is 9.30. The standard InChI is InChI=1S/C13H22/c1-9(2)12-5-6-13(10(3)4)7-11(12)8-13/h10-11H,5-8H2,1-4H3. The lowest BCUT2D eigenvalue weighted by Crippen LogP contribution is -2.46. The maximum Gasteiger partial charge on any atom is -0.0190 e. The van der Waals surface area contributed by atoms with Crippen LogP contribution >= 0.6 is 0 Å². The van der Waals surface area contributed by atoms with Gasteiger partial charge in [0.1, 0.15) is 0 Å². The molecule has 2 bridgehead atoms. The Morgan fingerprint density at radius 3 is 2.23 bits per heavy atom. The summed E-state index contributed by atoms with van der Waals surface area (Å²) in [7, 11) is 0. The van der Waals surface area contributed by atoms with Gasteiger partial charge in [0.15, 0.2) is 0 Å². The topological polar surface area (TPSA) is 0 Å². The Bertz CT molecular complexity index is 229. The van der Waals surface area contributed by atoms with E-state index in [1.165, 1.54) is 25.7 Å². The van der Waals surface area contributed by atoms with Crippen molar-refractivity contribution in [2.45, 2.75) is 53.4 Å². The third-order valence-electron chi connectivity index (χ3n) is 4.56. The van der Waals surface area contributed by atoms with Crippen LogP contribution in [0.5, 0.6) is 0 Å². The molecule has 3 aliphatic carbocycles. The average molecular weight is 178 g/mol. The highest BCUT2D eigenvalue weighted by atomic mass is 14.5. The fraction of sp³-hybridized carbons (Fsp3) is 0.846. The van der Waals surface area contributed by atoms with E-state index in [1.807, 2.05) is 0 Å². The minimum Gasteiger partial charge on any atom is -0.0770 e. The maximum absolute atomic E-state index is 2.41. The number of fused-ring (bicyclic) bond motifs is 2. The van der Waals surface area contributed by atoms with Crippen molar-refractivity contribution in [3.05, 3.63) is 11.1 Å². The molecule has 0 aromatic rings. The van der Waals surface area contributed by atoms with Crippen molar-refractivity contribution in [2.24, 2.45) is 17.3 Å². The molecule has 74 valence electrons. The molecule has 0 radical (unpaired) electrons. The zero-order chi connectivity index (χ0) is 9.64. The van der Waals surface area contributed by atoms with Crippen LogP contribution < -0.4 is 0 Å². The Hall–Kier alpha value is -0.260. The van der Waals surface area contributed by atoms with Gasteiger partial charge >= 0.3 is 0 Å². The molecule has 3 rings (SSSR count). The van der Waals surface area contributed by atoms with Crippen molar-refractivity contribution in [2.75, 3.05) is 0 Å². The lowest BCUT2D eigenvalue weighted by molar-refractivity contribution is -0.0136. The normalized spacial score (nSPS) is 37.6. The molecule has 0 nitrogen and oxygen atoms in total. The minimum absolute atomic E-state index is 0.754. The summed E-state index contributed by atoms with van der Waals surface area (Å²) in [4.78, 5) is 0. The molecule has 13 heavy (non-hydrogen) atoms. The highest BCUT2D eigenvalue weighted by molar-refractivity contribution is 5.23. The molecule has 0 amide bonds. The van der Waals surface area contributed by atoms with E-state index >= 15 is 0 Å². The highest BCUT2D eigenvalue weighted by Crippen LogP contribution is 2.61. The third-order valence-corrected chi connectivity index (χ3v) is 4.56.